The van der Waals surface area contributed by atoms with E-state index in [0.29, 0.717) is 6.04 Å². The number of hydrogen-bond acceptors (Lipinski definition) is 2. The lowest BCUT2D eigenvalue weighted by Gasteiger charge is -2.42. The maximum atomic E-state index is 6.16. The fourth-order valence-corrected chi connectivity index (χ4v) is 4.06. The van der Waals surface area contributed by atoms with Crippen LogP contribution in [0, 0.1) is 11.8 Å². The quantitative estimate of drug-likeness (QED) is 0.825. The molecular weight excluding hydrogens is 222 g/mol. The maximum Gasteiger partial charge on any atom is 0.0685 e. The highest BCUT2D eigenvalue weighted by Gasteiger charge is 2.42. The number of rotatable bonds is 4. The second-order valence-corrected chi connectivity index (χ2v) is 7.08. The van der Waals surface area contributed by atoms with Gasteiger partial charge in [0.15, 0.2) is 0 Å². The van der Waals surface area contributed by atoms with Crippen LogP contribution in [0.3, 0.4) is 0 Å². The Kier molecular flexibility index (Phi) is 3.68. The van der Waals surface area contributed by atoms with Crippen LogP contribution in [0.15, 0.2) is 0 Å². The monoisotopic (exact) mass is 251 g/mol. The molecule has 3 rings (SSSR count). The smallest absolute Gasteiger partial charge is 0.0685 e. The zero-order valence-electron chi connectivity index (χ0n) is 12.1. The Morgan fingerprint density at radius 2 is 1.83 bits per heavy atom. The van der Waals surface area contributed by atoms with E-state index in [1.165, 1.54) is 51.4 Å². The number of hydrogen-bond donors (Lipinski definition) is 1. The van der Waals surface area contributed by atoms with Crippen molar-refractivity contribution < 1.29 is 4.74 Å². The van der Waals surface area contributed by atoms with E-state index in [9.17, 15) is 0 Å². The van der Waals surface area contributed by atoms with Gasteiger partial charge in [0.05, 0.1) is 5.60 Å². The topological polar surface area (TPSA) is 21.3 Å². The summed E-state index contributed by atoms with van der Waals surface area (Å²) in [7, 11) is 0. The SMILES string of the molecule is CC(NC1CC1)C(C)C1CCOC2(CCCC2)C1. The molecule has 1 heterocycles. The van der Waals surface area contributed by atoms with E-state index in [0.717, 1.165) is 24.5 Å². The molecule has 2 saturated carbocycles. The molecule has 0 amide bonds. The molecule has 2 heteroatoms. The van der Waals surface area contributed by atoms with E-state index >= 15 is 0 Å². The molecule has 0 radical (unpaired) electrons. The predicted octanol–water partition coefficient (Wildman–Crippen LogP) is 3.50. The molecule has 3 aliphatic rings. The van der Waals surface area contributed by atoms with Gasteiger partial charge in [0, 0.05) is 18.7 Å². The predicted molar refractivity (Wildman–Crippen MR) is 74.7 cm³/mol. The van der Waals surface area contributed by atoms with Gasteiger partial charge >= 0.3 is 0 Å². The summed E-state index contributed by atoms with van der Waals surface area (Å²) in [6, 6.07) is 1.52. The van der Waals surface area contributed by atoms with Crippen LogP contribution in [0.1, 0.15) is 65.2 Å². The van der Waals surface area contributed by atoms with E-state index in [2.05, 4.69) is 19.2 Å². The van der Waals surface area contributed by atoms with Crippen molar-refractivity contribution in [2.24, 2.45) is 11.8 Å². The summed E-state index contributed by atoms with van der Waals surface area (Å²) < 4.78 is 6.16. The van der Waals surface area contributed by atoms with Crippen LogP contribution in [0.2, 0.25) is 0 Å². The van der Waals surface area contributed by atoms with Crippen molar-refractivity contribution in [1.82, 2.24) is 5.32 Å². The molecule has 0 aromatic rings. The number of ether oxygens (including phenoxy) is 1. The molecule has 1 N–H and O–H groups in total. The van der Waals surface area contributed by atoms with Crippen LogP contribution in [-0.4, -0.2) is 24.3 Å². The van der Waals surface area contributed by atoms with E-state index in [-0.39, 0.29) is 5.60 Å². The van der Waals surface area contributed by atoms with Gasteiger partial charge in [-0.25, -0.2) is 0 Å². The van der Waals surface area contributed by atoms with Crippen molar-refractivity contribution in [3.63, 3.8) is 0 Å². The first-order valence-corrected chi connectivity index (χ1v) is 8.09. The van der Waals surface area contributed by atoms with Crippen molar-refractivity contribution in [2.45, 2.75) is 82.9 Å². The molecule has 0 bridgehead atoms. The van der Waals surface area contributed by atoms with Crippen LogP contribution >= 0.6 is 0 Å². The van der Waals surface area contributed by atoms with Gasteiger partial charge in [0.2, 0.25) is 0 Å². The Bertz CT molecular complexity index is 281. The second-order valence-electron chi connectivity index (χ2n) is 7.08. The van der Waals surface area contributed by atoms with Crippen molar-refractivity contribution >= 4 is 0 Å². The molecule has 0 aromatic heterocycles. The van der Waals surface area contributed by atoms with Crippen molar-refractivity contribution in [3.8, 4) is 0 Å². The van der Waals surface area contributed by atoms with Gasteiger partial charge in [-0.1, -0.05) is 19.8 Å². The summed E-state index contributed by atoms with van der Waals surface area (Å²) in [4.78, 5) is 0. The normalized spacial score (nSPS) is 34.7. The fraction of sp³-hybridized carbons (Fsp3) is 1.00. The maximum absolute atomic E-state index is 6.16. The molecule has 3 atom stereocenters. The molecule has 104 valence electrons. The van der Waals surface area contributed by atoms with Gasteiger partial charge in [0.1, 0.15) is 0 Å². The van der Waals surface area contributed by atoms with Gasteiger partial charge < -0.3 is 10.1 Å². The molecule has 1 spiro atoms. The Labute approximate surface area is 112 Å². The van der Waals surface area contributed by atoms with E-state index in [1.807, 2.05) is 0 Å². The molecule has 18 heavy (non-hydrogen) atoms. The lowest BCUT2D eigenvalue weighted by Crippen LogP contribution is -2.44. The molecule has 3 fully saturated rings. The molecule has 1 aliphatic heterocycles. The summed E-state index contributed by atoms with van der Waals surface area (Å²) in [6.07, 6.45) is 10.8. The molecule has 3 unspecified atom stereocenters. The summed E-state index contributed by atoms with van der Waals surface area (Å²) >= 11 is 0. The van der Waals surface area contributed by atoms with E-state index < -0.39 is 0 Å². The van der Waals surface area contributed by atoms with E-state index in [4.69, 9.17) is 4.74 Å². The summed E-state index contributed by atoms with van der Waals surface area (Å²) in [5, 5.41) is 3.79. The first kappa shape index (κ1) is 12.9. The third-order valence-electron chi connectivity index (χ3n) is 5.65. The minimum absolute atomic E-state index is 0.288. The summed E-state index contributed by atoms with van der Waals surface area (Å²) in [5.41, 5.74) is 0.288. The lowest BCUT2D eigenvalue weighted by molar-refractivity contribution is -0.102. The minimum Gasteiger partial charge on any atom is -0.375 e. The Balaban J connectivity index is 1.56. The average Bonchev–Trinajstić information content (AvgIpc) is 3.08. The average molecular weight is 251 g/mol. The van der Waals surface area contributed by atoms with Gasteiger partial charge in [-0.05, 0) is 57.3 Å². The highest BCUT2D eigenvalue weighted by molar-refractivity contribution is 4.94. The van der Waals surface area contributed by atoms with Crippen LogP contribution < -0.4 is 5.32 Å². The van der Waals surface area contributed by atoms with Gasteiger partial charge in [-0.15, -0.1) is 0 Å². The van der Waals surface area contributed by atoms with Gasteiger partial charge in [-0.2, -0.15) is 0 Å². The highest BCUT2D eigenvalue weighted by atomic mass is 16.5. The number of nitrogens with one attached hydrogen (secondary N) is 1. The summed E-state index contributed by atoms with van der Waals surface area (Å²) in [6.45, 7) is 5.85. The van der Waals surface area contributed by atoms with Gasteiger partial charge in [-0.3, -0.25) is 0 Å². The Hall–Kier alpha value is -0.0800. The van der Waals surface area contributed by atoms with Gasteiger partial charge in [0.25, 0.3) is 0 Å². The van der Waals surface area contributed by atoms with Crippen LogP contribution in [-0.2, 0) is 4.74 Å². The zero-order chi connectivity index (χ0) is 12.6. The first-order chi connectivity index (χ1) is 8.69. The van der Waals surface area contributed by atoms with Crippen LogP contribution in [0.25, 0.3) is 0 Å². The third-order valence-corrected chi connectivity index (χ3v) is 5.65. The summed E-state index contributed by atoms with van der Waals surface area (Å²) in [5.74, 6) is 1.67. The third kappa shape index (κ3) is 2.75. The molecule has 0 aromatic carbocycles. The fourth-order valence-electron chi connectivity index (χ4n) is 4.06. The lowest BCUT2D eigenvalue weighted by atomic mass is 9.76. The van der Waals surface area contributed by atoms with Crippen molar-refractivity contribution in [3.05, 3.63) is 0 Å². The Morgan fingerprint density at radius 3 is 2.50 bits per heavy atom. The highest BCUT2D eigenvalue weighted by Crippen LogP contribution is 2.44. The molecule has 2 nitrogen and oxygen atoms in total. The zero-order valence-corrected chi connectivity index (χ0v) is 12.1. The molecule has 2 aliphatic carbocycles. The van der Waals surface area contributed by atoms with Crippen LogP contribution in [0.4, 0.5) is 0 Å². The second kappa shape index (κ2) is 5.13. The first-order valence-electron chi connectivity index (χ1n) is 8.09. The standard InChI is InChI=1S/C16H29NO/c1-12(13(2)17-15-5-6-15)14-7-10-18-16(11-14)8-3-4-9-16/h12-15,17H,3-11H2,1-2H3. The van der Waals surface area contributed by atoms with Crippen molar-refractivity contribution in [2.75, 3.05) is 6.61 Å². The molecular formula is C16H29NO. The minimum atomic E-state index is 0.288. The largest absolute Gasteiger partial charge is 0.375 e. The van der Waals surface area contributed by atoms with Crippen LogP contribution in [0.5, 0.6) is 0 Å². The Morgan fingerprint density at radius 1 is 1.11 bits per heavy atom. The molecule has 1 saturated heterocycles. The van der Waals surface area contributed by atoms with Crippen molar-refractivity contribution in [1.29, 1.82) is 0 Å². The van der Waals surface area contributed by atoms with E-state index in [1.54, 1.807) is 0 Å².